The van der Waals surface area contributed by atoms with Crippen LogP contribution in [0.2, 0.25) is 0 Å². The fraction of sp³-hybridized carbons (Fsp3) is 0.576. The monoisotopic (exact) mass is 608 g/mol. The molecule has 0 bridgehead atoms. The van der Waals surface area contributed by atoms with Gasteiger partial charge in [0.15, 0.2) is 0 Å². The minimum Gasteiger partial charge on any atom is -0.444 e. The zero-order chi connectivity index (χ0) is 31.8. The van der Waals surface area contributed by atoms with Gasteiger partial charge in [-0.15, -0.1) is 0 Å². The molecule has 1 aromatic heterocycles. The quantitative estimate of drug-likeness (QED) is 0.538. The zero-order valence-corrected chi connectivity index (χ0v) is 26.7. The number of rotatable bonds is 6. The minimum atomic E-state index is -0.621. The number of piperazine rings is 2. The highest BCUT2D eigenvalue weighted by atomic mass is 19.1. The van der Waals surface area contributed by atoms with Gasteiger partial charge in [-0.05, 0) is 63.4 Å². The molecule has 0 spiro atoms. The summed E-state index contributed by atoms with van der Waals surface area (Å²) in [5, 5.41) is 2.87. The van der Waals surface area contributed by atoms with E-state index in [-0.39, 0.29) is 54.3 Å². The highest BCUT2D eigenvalue weighted by Gasteiger charge is 2.42. The topological polar surface area (TPSA) is 98.3 Å². The van der Waals surface area contributed by atoms with Gasteiger partial charge in [0.05, 0.1) is 24.5 Å². The Kier molecular flexibility index (Phi) is 9.00. The summed E-state index contributed by atoms with van der Waals surface area (Å²) >= 11 is 0. The Morgan fingerprint density at radius 3 is 2.55 bits per heavy atom. The number of hydrogen-bond acceptors (Lipinski definition) is 7. The number of nitrogens with zero attached hydrogens (tertiary/aromatic N) is 5. The van der Waals surface area contributed by atoms with Crippen molar-refractivity contribution in [3.63, 3.8) is 0 Å². The van der Waals surface area contributed by atoms with Crippen LogP contribution in [0.4, 0.5) is 14.9 Å². The van der Waals surface area contributed by atoms with Crippen LogP contribution in [0.15, 0.2) is 36.5 Å². The van der Waals surface area contributed by atoms with E-state index in [1.165, 1.54) is 12.1 Å². The molecule has 3 amide bonds. The molecule has 11 heteroatoms. The van der Waals surface area contributed by atoms with Crippen molar-refractivity contribution in [2.75, 3.05) is 57.3 Å². The second-order valence-corrected chi connectivity index (χ2v) is 14.0. The average molecular weight is 609 g/mol. The lowest BCUT2D eigenvalue weighted by molar-refractivity contribution is -0.126. The Balaban J connectivity index is 1.36. The van der Waals surface area contributed by atoms with Gasteiger partial charge in [0.25, 0.3) is 0 Å². The van der Waals surface area contributed by atoms with Crippen LogP contribution in [-0.2, 0) is 26.2 Å². The van der Waals surface area contributed by atoms with Crippen LogP contribution in [0.3, 0.4) is 0 Å². The Bertz CT molecular complexity index is 1390. The highest BCUT2D eigenvalue weighted by molar-refractivity contribution is 5.97. The molecule has 4 heterocycles. The molecule has 0 radical (unpaired) electrons. The van der Waals surface area contributed by atoms with Crippen LogP contribution in [0.5, 0.6) is 0 Å². The zero-order valence-electron chi connectivity index (χ0n) is 26.7. The van der Waals surface area contributed by atoms with Crippen molar-refractivity contribution in [1.82, 2.24) is 25.0 Å². The van der Waals surface area contributed by atoms with E-state index in [4.69, 9.17) is 9.72 Å². The SMILES string of the molecule is C[C@@H]1CN(CC(=O)N2CC(C)(C)c3ncc(Cc4ccc(F)cc4)cc32)[C@@H](CN2CCNC(=O)C2)CN1C(=O)OC(C)(C)C. The first-order valence-electron chi connectivity index (χ1n) is 15.5. The number of benzene rings is 1. The van der Waals surface area contributed by atoms with Crippen molar-refractivity contribution in [2.24, 2.45) is 0 Å². The summed E-state index contributed by atoms with van der Waals surface area (Å²) < 4.78 is 19.2. The smallest absolute Gasteiger partial charge is 0.410 e. The summed E-state index contributed by atoms with van der Waals surface area (Å²) in [6.07, 6.45) is 2.06. The number of fused-ring (bicyclic) bond motifs is 1. The average Bonchev–Trinajstić information content (AvgIpc) is 3.20. The van der Waals surface area contributed by atoms with Gasteiger partial charge < -0.3 is 19.9 Å². The van der Waals surface area contributed by atoms with Crippen molar-refractivity contribution in [1.29, 1.82) is 0 Å². The molecule has 2 fully saturated rings. The summed E-state index contributed by atoms with van der Waals surface area (Å²) in [6.45, 7) is 15.4. The van der Waals surface area contributed by atoms with Crippen molar-refractivity contribution < 1.29 is 23.5 Å². The predicted octanol–water partition coefficient (Wildman–Crippen LogP) is 3.18. The minimum absolute atomic E-state index is 0.0214. The van der Waals surface area contributed by atoms with E-state index in [1.54, 1.807) is 17.0 Å². The van der Waals surface area contributed by atoms with E-state index in [0.29, 0.717) is 45.7 Å². The molecule has 10 nitrogen and oxygen atoms in total. The third kappa shape index (κ3) is 7.38. The second-order valence-electron chi connectivity index (χ2n) is 14.0. The molecule has 3 aliphatic rings. The Hall–Kier alpha value is -3.57. The van der Waals surface area contributed by atoms with Crippen molar-refractivity contribution in [3.05, 3.63) is 59.2 Å². The van der Waals surface area contributed by atoms with Crippen molar-refractivity contribution in [3.8, 4) is 0 Å². The number of anilines is 1. The molecule has 3 aliphatic heterocycles. The molecule has 1 N–H and O–H groups in total. The normalized spacial score (nSPS) is 22.5. The van der Waals surface area contributed by atoms with E-state index in [2.05, 4.69) is 29.0 Å². The molecule has 0 saturated carbocycles. The molecule has 44 heavy (non-hydrogen) atoms. The summed E-state index contributed by atoms with van der Waals surface area (Å²) in [5.41, 5.74) is 2.67. The number of aromatic nitrogens is 1. The van der Waals surface area contributed by atoms with Gasteiger partial charge in [-0.3, -0.25) is 24.4 Å². The molecule has 238 valence electrons. The van der Waals surface area contributed by atoms with Crippen LogP contribution in [0.25, 0.3) is 0 Å². The molecule has 0 unspecified atom stereocenters. The molecular weight excluding hydrogens is 563 g/mol. The third-order valence-corrected chi connectivity index (χ3v) is 8.54. The van der Waals surface area contributed by atoms with Crippen molar-refractivity contribution >= 4 is 23.6 Å². The number of hydrogen-bond donors (Lipinski definition) is 1. The third-order valence-electron chi connectivity index (χ3n) is 8.54. The van der Waals surface area contributed by atoms with Gasteiger partial charge >= 0.3 is 6.09 Å². The van der Waals surface area contributed by atoms with Gasteiger partial charge in [-0.1, -0.05) is 26.0 Å². The molecule has 2 aromatic rings. The molecule has 1 aromatic carbocycles. The van der Waals surface area contributed by atoms with Crippen molar-refractivity contribution in [2.45, 2.75) is 71.1 Å². The van der Waals surface area contributed by atoms with E-state index in [9.17, 15) is 18.8 Å². The fourth-order valence-corrected chi connectivity index (χ4v) is 6.39. The molecule has 5 rings (SSSR count). The fourth-order valence-electron chi connectivity index (χ4n) is 6.39. The number of carbonyl (C=O) groups is 3. The molecular formula is C33H45FN6O4. The molecule has 0 aliphatic carbocycles. The van der Waals surface area contributed by atoms with Gasteiger partial charge in [-0.25, -0.2) is 9.18 Å². The number of ether oxygens (including phenoxy) is 1. The maximum atomic E-state index is 14.1. The van der Waals surface area contributed by atoms with Crippen LogP contribution < -0.4 is 10.2 Å². The Labute approximate surface area is 259 Å². The van der Waals surface area contributed by atoms with E-state index in [0.717, 1.165) is 22.5 Å². The number of nitrogens with one attached hydrogen (secondary N) is 1. The Morgan fingerprint density at radius 1 is 1.14 bits per heavy atom. The number of pyridine rings is 1. The van der Waals surface area contributed by atoms with Gasteiger partial charge in [-0.2, -0.15) is 0 Å². The maximum absolute atomic E-state index is 14.1. The largest absolute Gasteiger partial charge is 0.444 e. The number of halogens is 1. The summed E-state index contributed by atoms with van der Waals surface area (Å²) in [4.78, 5) is 52.0. The first kappa shape index (κ1) is 31.8. The summed E-state index contributed by atoms with van der Waals surface area (Å²) in [5.74, 6) is -0.328. The molecule has 2 atom stereocenters. The Morgan fingerprint density at radius 2 is 1.86 bits per heavy atom. The predicted molar refractivity (Wildman–Crippen MR) is 166 cm³/mol. The van der Waals surface area contributed by atoms with Gasteiger partial charge in [0, 0.05) is 63.0 Å². The highest BCUT2D eigenvalue weighted by Crippen LogP contribution is 2.40. The van der Waals surface area contributed by atoms with Gasteiger partial charge in [0.2, 0.25) is 11.8 Å². The first-order valence-corrected chi connectivity index (χ1v) is 15.5. The van der Waals surface area contributed by atoms with E-state index < -0.39 is 5.60 Å². The standard InChI is InChI=1S/C33H45FN6O4/c1-22-16-38(26(17-37-12-11-35-28(41)19-37)18-39(22)31(43)44-32(2,3)4)20-29(42)40-21-33(5,6)30-27(40)14-24(15-36-30)13-23-7-9-25(34)10-8-23/h7-10,14-15,22,26H,11-13,16-21H2,1-6H3,(H,35,41)/t22-,26+/m1/s1. The molecule has 2 saturated heterocycles. The lowest BCUT2D eigenvalue weighted by atomic mass is 9.91. The lowest BCUT2D eigenvalue weighted by Crippen LogP contribution is -2.64. The van der Waals surface area contributed by atoms with Crippen LogP contribution in [0, 0.1) is 5.82 Å². The first-order chi connectivity index (χ1) is 20.7. The maximum Gasteiger partial charge on any atom is 0.410 e. The second kappa shape index (κ2) is 12.4. The summed E-state index contributed by atoms with van der Waals surface area (Å²) in [7, 11) is 0. The van der Waals surface area contributed by atoms with Crippen LogP contribution in [-0.4, -0.2) is 108 Å². The van der Waals surface area contributed by atoms with Crippen LogP contribution in [0.1, 0.15) is 58.4 Å². The summed E-state index contributed by atoms with van der Waals surface area (Å²) in [6, 6.07) is 8.14. The number of carbonyl (C=O) groups excluding carboxylic acids is 3. The van der Waals surface area contributed by atoms with Crippen LogP contribution >= 0.6 is 0 Å². The van der Waals surface area contributed by atoms with E-state index in [1.807, 2.05) is 44.9 Å². The van der Waals surface area contributed by atoms with E-state index >= 15 is 0 Å². The lowest BCUT2D eigenvalue weighted by Gasteiger charge is -2.46. The van der Waals surface area contributed by atoms with Gasteiger partial charge in [0.1, 0.15) is 11.4 Å². The number of amides is 3.